The number of ether oxygens (including phenoxy) is 3. The van der Waals surface area contributed by atoms with Crippen LogP contribution >= 0.6 is 15.9 Å². The van der Waals surface area contributed by atoms with Gasteiger partial charge in [-0.15, -0.1) is 0 Å². The van der Waals surface area contributed by atoms with E-state index in [2.05, 4.69) is 26.5 Å². The molecule has 0 saturated carbocycles. The third-order valence-electron chi connectivity index (χ3n) is 4.56. The fourth-order valence-electron chi connectivity index (χ4n) is 2.91. The van der Waals surface area contributed by atoms with E-state index < -0.39 is 6.10 Å². The Kier molecular flexibility index (Phi) is 8.69. The van der Waals surface area contributed by atoms with Crippen LogP contribution in [0.15, 0.2) is 82.4 Å². The Morgan fingerprint density at radius 1 is 1.06 bits per heavy atom. The third kappa shape index (κ3) is 6.85. The number of hydrogen-bond donors (Lipinski definition) is 1. The zero-order valence-electron chi connectivity index (χ0n) is 18.0. The Hall–Kier alpha value is -3.32. The lowest BCUT2D eigenvalue weighted by Crippen LogP contribution is -2.35. The fraction of sp³-hybridized carbons (Fsp3) is 0.200. The van der Waals surface area contributed by atoms with E-state index in [9.17, 15) is 4.79 Å². The maximum absolute atomic E-state index is 12.5. The first-order valence-electron chi connectivity index (χ1n) is 10.2. The normalized spacial score (nSPS) is 11.7. The van der Waals surface area contributed by atoms with Crippen LogP contribution in [0.25, 0.3) is 0 Å². The molecule has 0 bridgehead atoms. The van der Waals surface area contributed by atoms with Crippen LogP contribution in [0.1, 0.15) is 24.5 Å². The van der Waals surface area contributed by atoms with E-state index in [0.29, 0.717) is 24.5 Å². The first-order chi connectivity index (χ1) is 15.6. The lowest BCUT2D eigenvalue weighted by atomic mass is 10.2. The smallest absolute Gasteiger partial charge is 0.281 e. The second-order valence-electron chi connectivity index (χ2n) is 6.88. The molecule has 166 valence electrons. The largest absolute Gasteiger partial charge is 0.497 e. The van der Waals surface area contributed by atoms with Crippen LogP contribution in [0.5, 0.6) is 17.2 Å². The molecule has 1 atom stereocenters. The summed E-state index contributed by atoms with van der Waals surface area (Å²) >= 11 is 3.40. The van der Waals surface area contributed by atoms with E-state index in [0.717, 1.165) is 21.3 Å². The molecule has 1 N–H and O–H groups in total. The van der Waals surface area contributed by atoms with E-state index in [1.54, 1.807) is 19.4 Å². The van der Waals surface area contributed by atoms with E-state index in [1.807, 2.05) is 73.7 Å². The van der Waals surface area contributed by atoms with E-state index in [4.69, 9.17) is 14.2 Å². The van der Waals surface area contributed by atoms with Crippen molar-refractivity contribution >= 4 is 28.1 Å². The van der Waals surface area contributed by atoms with Crippen LogP contribution in [-0.4, -0.2) is 25.3 Å². The highest BCUT2D eigenvalue weighted by atomic mass is 79.9. The maximum Gasteiger partial charge on any atom is 0.281 e. The number of benzene rings is 3. The van der Waals surface area contributed by atoms with Crippen molar-refractivity contribution in [1.82, 2.24) is 5.43 Å². The van der Waals surface area contributed by atoms with Crippen LogP contribution in [0.2, 0.25) is 0 Å². The predicted molar refractivity (Wildman–Crippen MR) is 128 cm³/mol. The van der Waals surface area contributed by atoms with Gasteiger partial charge in [-0.1, -0.05) is 53.2 Å². The average molecular weight is 497 g/mol. The quantitative estimate of drug-likeness (QED) is 0.303. The molecule has 0 radical (unpaired) electrons. The summed E-state index contributed by atoms with van der Waals surface area (Å²) in [5, 5.41) is 4.10. The third-order valence-corrected chi connectivity index (χ3v) is 5.06. The standard InChI is InChI=1S/C25H25BrN2O4/c1-3-23(32-22-12-7-10-20(26)15-22)25(29)28-27-16-19-9-4-5-13-24(19)31-17-18-8-6-11-21(14-18)30-2/h4-16,23H,3,17H2,1-2H3,(H,28,29). The average Bonchev–Trinajstić information content (AvgIpc) is 2.82. The van der Waals surface area contributed by atoms with Crippen LogP contribution in [-0.2, 0) is 11.4 Å². The van der Waals surface area contributed by atoms with Crippen LogP contribution in [0.4, 0.5) is 0 Å². The van der Waals surface area contributed by atoms with E-state index >= 15 is 0 Å². The Morgan fingerprint density at radius 2 is 1.84 bits per heavy atom. The Morgan fingerprint density at radius 3 is 2.62 bits per heavy atom. The zero-order valence-corrected chi connectivity index (χ0v) is 19.5. The number of amides is 1. The lowest BCUT2D eigenvalue weighted by Gasteiger charge is -2.16. The van der Waals surface area contributed by atoms with Gasteiger partial charge in [0.05, 0.1) is 13.3 Å². The first-order valence-corrected chi connectivity index (χ1v) is 11.0. The van der Waals surface area contributed by atoms with Gasteiger partial charge in [-0.2, -0.15) is 5.10 Å². The van der Waals surface area contributed by atoms with Gasteiger partial charge in [-0.3, -0.25) is 4.79 Å². The van der Waals surface area contributed by atoms with Gasteiger partial charge < -0.3 is 14.2 Å². The van der Waals surface area contributed by atoms with Crippen molar-refractivity contribution in [1.29, 1.82) is 0 Å². The molecule has 0 aromatic heterocycles. The molecule has 0 saturated heterocycles. The second-order valence-corrected chi connectivity index (χ2v) is 7.80. The summed E-state index contributed by atoms with van der Waals surface area (Å²) in [4.78, 5) is 12.5. The number of para-hydroxylation sites is 1. The minimum Gasteiger partial charge on any atom is -0.497 e. The Bertz CT molecular complexity index is 1070. The number of carbonyl (C=O) groups excluding carboxylic acids is 1. The summed E-state index contributed by atoms with van der Waals surface area (Å²) in [7, 11) is 1.63. The van der Waals surface area contributed by atoms with E-state index in [-0.39, 0.29) is 5.91 Å². The molecular formula is C25H25BrN2O4. The van der Waals surface area contributed by atoms with Crippen molar-refractivity contribution in [2.75, 3.05) is 7.11 Å². The number of hydrogen-bond acceptors (Lipinski definition) is 5. The molecule has 0 heterocycles. The second kappa shape index (κ2) is 11.9. The molecule has 3 aromatic carbocycles. The Balaban J connectivity index is 1.60. The molecule has 32 heavy (non-hydrogen) atoms. The summed E-state index contributed by atoms with van der Waals surface area (Å²) in [5.74, 6) is 1.73. The van der Waals surface area contributed by atoms with Gasteiger partial charge in [-0.05, 0) is 54.4 Å². The van der Waals surface area contributed by atoms with Gasteiger partial charge >= 0.3 is 0 Å². The van der Waals surface area contributed by atoms with Crippen molar-refractivity contribution in [3.05, 3.63) is 88.4 Å². The molecule has 0 aliphatic heterocycles. The highest BCUT2D eigenvalue weighted by Gasteiger charge is 2.18. The van der Waals surface area contributed by atoms with Gasteiger partial charge in [0, 0.05) is 10.0 Å². The molecule has 0 spiro atoms. The van der Waals surface area contributed by atoms with Gasteiger partial charge in [-0.25, -0.2) is 5.43 Å². The number of methoxy groups -OCH3 is 1. The molecular weight excluding hydrogens is 472 g/mol. The van der Waals surface area contributed by atoms with Crippen molar-refractivity contribution in [2.24, 2.45) is 5.10 Å². The number of carbonyl (C=O) groups is 1. The number of hydrazone groups is 1. The van der Waals surface area contributed by atoms with Crippen LogP contribution in [0, 0.1) is 0 Å². The molecule has 0 aliphatic carbocycles. The minimum absolute atomic E-state index is 0.321. The van der Waals surface area contributed by atoms with Crippen LogP contribution < -0.4 is 19.6 Å². The summed E-state index contributed by atoms with van der Waals surface area (Å²) in [5.41, 5.74) is 4.29. The molecule has 1 amide bonds. The Labute approximate surface area is 196 Å². The number of halogens is 1. The summed E-state index contributed by atoms with van der Waals surface area (Å²) < 4.78 is 17.9. The van der Waals surface area contributed by atoms with Gasteiger partial charge in [0.1, 0.15) is 23.9 Å². The SMILES string of the molecule is CCC(Oc1cccc(Br)c1)C(=O)NN=Cc1ccccc1OCc1cccc(OC)c1. The van der Waals surface area contributed by atoms with Gasteiger partial charge in [0.2, 0.25) is 0 Å². The highest BCUT2D eigenvalue weighted by Crippen LogP contribution is 2.21. The summed E-state index contributed by atoms with van der Waals surface area (Å²) in [6.07, 6.45) is 1.42. The summed E-state index contributed by atoms with van der Waals surface area (Å²) in [6.45, 7) is 2.26. The van der Waals surface area contributed by atoms with Crippen molar-refractivity contribution in [3.63, 3.8) is 0 Å². The maximum atomic E-state index is 12.5. The highest BCUT2D eigenvalue weighted by molar-refractivity contribution is 9.10. The molecule has 3 aromatic rings. The number of nitrogens with zero attached hydrogens (tertiary/aromatic N) is 1. The lowest BCUT2D eigenvalue weighted by molar-refractivity contribution is -0.128. The van der Waals surface area contributed by atoms with E-state index in [1.165, 1.54) is 0 Å². The molecule has 0 fully saturated rings. The zero-order chi connectivity index (χ0) is 22.8. The van der Waals surface area contributed by atoms with Gasteiger partial charge in [0.25, 0.3) is 5.91 Å². The molecule has 6 nitrogen and oxygen atoms in total. The fourth-order valence-corrected chi connectivity index (χ4v) is 3.28. The topological polar surface area (TPSA) is 69.2 Å². The monoisotopic (exact) mass is 496 g/mol. The van der Waals surface area contributed by atoms with Gasteiger partial charge in [0.15, 0.2) is 6.10 Å². The molecule has 0 aliphatic rings. The van der Waals surface area contributed by atoms with Crippen molar-refractivity contribution in [2.45, 2.75) is 26.1 Å². The number of rotatable bonds is 10. The minimum atomic E-state index is -0.652. The summed E-state index contributed by atoms with van der Waals surface area (Å²) in [6, 6.07) is 22.6. The van der Waals surface area contributed by atoms with Crippen molar-refractivity contribution < 1.29 is 19.0 Å². The van der Waals surface area contributed by atoms with Crippen molar-refractivity contribution in [3.8, 4) is 17.2 Å². The first kappa shape index (κ1) is 23.3. The molecule has 7 heteroatoms. The predicted octanol–water partition coefficient (Wildman–Crippen LogP) is 5.34. The number of nitrogens with one attached hydrogen (secondary N) is 1. The molecule has 3 rings (SSSR count). The van der Waals surface area contributed by atoms with Crippen LogP contribution in [0.3, 0.4) is 0 Å². The molecule has 1 unspecified atom stereocenters.